The molecule has 1 aromatic carbocycles. The highest BCUT2D eigenvalue weighted by Crippen LogP contribution is 2.30. The van der Waals surface area contributed by atoms with Crippen LogP contribution in [-0.4, -0.2) is 4.57 Å². The van der Waals surface area contributed by atoms with E-state index in [9.17, 15) is 4.79 Å². The molecule has 1 atom stereocenters. The zero-order valence-corrected chi connectivity index (χ0v) is 14.3. The van der Waals surface area contributed by atoms with Gasteiger partial charge in [0, 0.05) is 17.3 Å². The van der Waals surface area contributed by atoms with E-state index in [-0.39, 0.29) is 11.6 Å². The SMILES string of the molecule is Cc1ccc(C(N)c2ccc(C)n(C3CCCC3)c2=O)cc1C. The van der Waals surface area contributed by atoms with Gasteiger partial charge >= 0.3 is 0 Å². The summed E-state index contributed by atoms with van der Waals surface area (Å²) in [4.78, 5) is 13.0. The standard InChI is InChI=1S/C20H26N2O/c1-13-8-10-16(12-14(13)2)19(21)18-11-9-15(3)22(20(18)23)17-6-4-5-7-17/h8-12,17,19H,4-7,21H2,1-3H3. The van der Waals surface area contributed by atoms with Crippen molar-refractivity contribution in [3.8, 4) is 0 Å². The minimum Gasteiger partial charge on any atom is -0.320 e. The van der Waals surface area contributed by atoms with Crippen molar-refractivity contribution in [1.82, 2.24) is 4.57 Å². The van der Waals surface area contributed by atoms with Gasteiger partial charge in [-0.05, 0) is 62.4 Å². The first-order valence-electron chi connectivity index (χ1n) is 8.54. The molecule has 3 nitrogen and oxygen atoms in total. The Balaban J connectivity index is 2.03. The molecule has 1 fully saturated rings. The predicted molar refractivity (Wildman–Crippen MR) is 94.9 cm³/mol. The summed E-state index contributed by atoms with van der Waals surface area (Å²) in [5.74, 6) is 0. The van der Waals surface area contributed by atoms with Crippen LogP contribution in [0.1, 0.15) is 65.7 Å². The van der Waals surface area contributed by atoms with Crippen LogP contribution in [-0.2, 0) is 0 Å². The molecule has 1 heterocycles. The first-order valence-corrected chi connectivity index (χ1v) is 8.54. The number of nitrogens with two attached hydrogens (primary N) is 1. The minimum absolute atomic E-state index is 0.0858. The molecule has 0 bridgehead atoms. The summed E-state index contributed by atoms with van der Waals surface area (Å²) in [6.07, 6.45) is 4.63. The van der Waals surface area contributed by atoms with E-state index in [1.807, 2.05) is 29.7 Å². The molecule has 3 heteroatoms. The molecule has 1 aromatic heterocycles. The van der Waals surface area contributed by atoms with E-state index in [2.05, 4.69) is 26.0 Å². The van der Waals surface area contributed by atoms with Crippen molar-refractivity contribution in [2.45, 2.75) is 58.5 Å². The first kappa shape index (κ1) is 16.0. The van der Waals surface area contributed by atoms with Gasteiger partial charge in [-0.2, -0.15) is 0 Å². The van der Waals surface area contributed by atoms with Crippen molar-refractivity contribution in [2.24, 2.45) is 5.73 Å². The summed E-state index contributed by atoms with van der Waals surface area (Å²) in [7, 11) is 0. The van der Waals surface area contributed by atoms with E-state index in [1.54, 1.807) is 0 Å². The number of aryl methyl sites for hydroxylation is 3. The third-order valence-corrected chi connectivity index (χ3v) is 5.26. The highest BCUT2D eigenvalue weighted by molar-refractivity contribution is 5.36. The zero-order chi connectivity index (χ0) is 16.6. The van der Waals surface area contributed by atoms with Gasteiger partial charge in [0.25, 0.3) is 5.56 Å². The van der Waals surface area contributed by atoms with E-state index < -0.39 is 0 Å². The maximum absolute atomic E-state index is 13.0. The molecule has 2 aromatic rings. The van der Waals surface area contributed by atoms with Gasteiger partial charge in [-0.15, -0.1) is 0 Å². The molecular formula is C20H26N2O. The minimum atomic E-state index is -0.366. The highest BCUT2D eigenvalue weighted by atomic mass is 16.1. The van der Waals surface area contributed by atoms with Crippen molar-refractivity contribution in [3.63, 3.8) is 0 Å². The Morgan fingerprint density at radius 1 is 1.04 bits per heavy atom. The summed E-state index contributed by atoms with van der Waals surface area (Å²) >= 11 is 0. The van der Waals surface area contributed by atoms with Gasteiger partial charge in [0.05, 0.1) is 6.04 Å². The monoisotopic (exact) mass is 310 g/mol. The smallest absolute Gasteiger partial charge is 0.256 e. The van der Waals surface area contributed by atoms with Crippen LogP contribution >= 0.6 is 0 Å². The highest BCUT2D eigenvalue weighted by Gasteiger charge is 2.22. The number of hydrogen-bond donors (Lipinski definition) is 1. The topological polar surface area (TPSA) is 48.0 Å². The van der Waals surface area contributed by atoms with Crippen LogP contribution in [0.25, 0.3) is 0 Å². The van der Waals surface area contributed by atoms with Crippen LogP contribution in [0, 0.1) is 20.8 Å². The largest absolute Gasteiger partial charge is 0.320 e. The lowest BCUT2D eigenvalue weighted by molar-refractivity contribution is 0.486. The van der Waals surface area contributed by atoms with Gasteiger partial charge in [0.1, 0.15) is 0 Å². The number of benzene rings is 1. The fraction of sp³-hybridized carbons (Fsp3) is 0.450. The fourth-order valence-electron chi connectivity index (χ4n) is 3.65. The molecule has 1 aliphatic rings. The molecule has 0 amide bonds. The molecule has 2 N–H and O–H groups in total. The summed E-state index contributed by atoms with van der Waals surface area (Å²) in [6, 6.07) is 10.1. The zero-order valence-electron chi connectivity index (χ0n) is 14.3. The van der Waals surface area contributed by atoms with Crippen molar-refractivity contribution in [3.05, 3.63) is 68.6 Å². The predicted octanol–water partition coefficient (Wildman–Crippen LogP) is 3.94. The van der Waals surface area contributed by atoms with Crippen LogP contribution in [0.15, 0.2) is 35.1 Å². The van der Waals surface area contributed by atoms with Gasteiger partial charge in [-0.1, -0.05) is 31.0 Å². The fourth-order valence-corrected chi connectivity index (χ4v) is 3.65. The second kappa shape index (κ2) is 6.32. The average molecular weight is 310 g/mol. The van der Waals surface area contributed by atoms with Gasteiger partial charge in [0.15, 0.2) is 0 Å². The number of rotatable bonds is 3. The molecule has 3 rings (SSSR count). The molecule has 0 spiro atoms. The summed E-state index contributed by atoms with van der Waals surface area (Å²) in [5, 5.41) is 0. The van der Waals surface area contributed by atoms with Crippen LogP contribution < -0.4 is 11.3 Å². The lowest BCUT2D eigenvalue weighted by Gasteiger charge is -2.21. The second-order valence-electron chi connectivity index (χ2n) is 6.86. The lowest BCUT2D eigenvalue weighted by atomic mass is 9.96. The van der Waals surface area contributed by atoms with Gasteiger partial charge in [0.2, 0.25) is 0 Å². The van der Waals surface area contributed by atoms with Crippen molar-refractivity contribution in [1.29, 1.82) is 0 Å². The molecule has 23 heavy (non-hydrogen) atoms. The normalized spacial score (nSPS) is 16.7. The molecule has 1 unspecified atom stereocenters. The Morgan fingerprint density at radius 3 is 2.39 bits per heavy atom. The Bertz CT molecular complexity index is 770. The van der Waals surface area contributed by atoms with Gasteiger partial charge in [-0.25, -0.2) is 0 Å². The molecule has 0 radical (unpaired) electrons. The van der Waals surface area contributed by atoms with E-state index in [1.165, 1.54) is 24.0 Å². The van der Waals surface area contributed by atoms with Crippen molar-refractivity contribution < 1.29 is 0 Å². The van der Waals surface area contributed by atoms with Crippen LogP contribution in [0.5, 0.6) is 0 Å². The van der Waals surface area contributed by atoms with Crippen molar-refractivity contribution in [2.75, 3.05) is 0 Å². The lowest BCUT2D eigenvalue weighted by Crippen LogP contribution is -2.31. The Labute approximate surface area is 138 Å². The van der Waals surface area contributed by atoms with Gasteiger partial charge < -0.3 is 10.3 Å². The molecule has 0 saturated heterocycles. The summed E-state index contributed by atoms with van der Waals surface area (Å²) < 4.78 is 1.98. The number of aromatic nitrogens is 1. The maximum Gasteiger partial charge on any atom is 0.256 e. The Kier molecular flexibility index (Phi) is 4.40. The van der Waals surface area contributed by atoms with Crippen LogP contribution in [0.3, 0.4) is 0 Å². The third kappa shape index (κ3) is 2.98. The Morgan fingerprint density at radius 2 is 1.74 bits per heavy atom. The van der Waals surface area contributed by atoms with Crippen LogP contribution in [0.2, 0.25) is 0 Å². The van der Waals surface area contributed by atoms with Crippen LogP contribution in [0.4, 0.5) is 0 Å². The molecular weight excluding hydrogens is 284 g/mol. The van der Waals surface area contributed by atoms with E-state index in [4.69, 9.17) is 5.73 Å². The van der Waals surface area contributed by atoms with E-state index in [0.29, 0.717) is 11.6 Å². The van der Waals surface area contributed by atoms with Gasteiger partial charge in [-0.3, -0.25) is 4.79 Å². The maximum atomic E-state index is 13.0. The third-order valence-electron chi connectivity index (χ3n) is 5.26. The summed E-state index contributed by atoms with van der Waals surface area (Å²) in [6.45, 7) is 6.19. The summed E-state index contributed by atoms with van der Waals surface area (Å²) in [5.41, 5.74) is 11.7. The molecule has 1 saturated carbocycles. The molecule has 0 aliphatic heterocycles. The van der Waals surface area contributed by atoms with Crippen molar-refractivity contribution >= 4 is 0 Å². The number of hydrogen-bond acceptors (Lipinski definition) is 2. The Hall–Kier alpha value is -1.87. The second-order valence-corrected chi connectivity index (χ2v) is 6.86. The van der Waals surface area contributed by atoms with E-state index in [0.717, 1.165) is 24.1 Å². The quantitative estimate of drug-likeness (QED) is 0.933. The molecule has 1 aliphatic carbocycles. The first-order chi connectivity index (χ1) is 11.0. The van der Waals surface area contributed by atoms with E-state index >= 15 is 0 Å². The number of pyridine rings is 1. The average Bonchev–Trinajstić information content (AvgIpc) is 3.03. The molecule has 122 valence electrons. The number of nitrogens with zero attached hydrogens (tertiary/aromatic N) is 1.